The number of nitrogens with two attached hydrogens (primary N) is 1. The number of pyridine rings is 1. The van der Waals surface area contributed by atoms with Crippen LogP contribution in [-0.4, -0.2) is 28.4 Å². The van der Waals surface area contributed by atoms with Gasteiger partial charge in [-0.3, -0.25) is 19.7 Å². The van der Waals surface area contributed by atoms with Gasteiger partial charge in [-0.05, 0) is 12.5 Å². The lowest BCUT2D eigenvalue weighted by molar-refractivity contribution is -0.384. The van der Waals surface area contributed by atoms with E-state index in [0.717, 1.165) is 25.3 Å². The molecular weight excluding hydrogens is 348 g/mol. The van der Waals surface area contributed by atoms with Crippen LogP contribution in [0, 0.1) is 10.1 Å². The molecule has 0 aliphatic rings. The lowest BCUT2D eigenvalue weighted by Gasteiger charge is -2.17. The first-order chi connectivity index (χ1) is 11.5. The molecule has 0 bridgehead atoms. The second-order valence-corrected chi connectivity index (χ2v) is 5.58. The second-order valence-electron chi connectivity index (χ2n) is 5.58. The topological polar surface area (TPSA) is 131 Å². The molecule has 0 spiro atoms. The quantitative estimate of drug-likeness (QED) is 0.508. The van der Waals surface area contributed by atoms with E-state index in [1.165, 1.54) is 18.2 Å². The molecule has 0 saturated heterocycles. The van der Waals surface area contributed by atoms with Crippen molar-refractivity contribution in [1.29, 1.82) is 0 Å². The lowest BCUT2D eigenvalue weighted by atomic mass is 10.1. The van der Waals surface area contributed by atoms with Gasteiger partial charge < -0.3 is 16.0 Å². The Balaban J connectivity index is 0.00000312. The highest BCUT2D eigenvalue weighted by atomic mass is 35.5. The number of H-pyrrole nitrogens is 1. The van der Waals surface area contributed by atoms with Crippen LogP contribution in [0.1, 0.15) is 36.5 Å². The van der Waals surface area contributed by atoms with E-state index < -0.39 is 16.4 Å². The van der Waals surface area contributed by atoms with Gasteiger partial charge in [0.25, 0.3) is 11.6 Å². The Hall–Kier alpha value is -2.45. The molecule has 0 radical (unpaired) electrons. The number of rotatable bonds is 7. The molecule has 9 heteroatoms. The maximum Gasteiger partial charge on any atom is 0.270 e. The number of fused-ring (bicyclic) bond motifs is 1. The minimum atomic E-state index is -0.545. The maximum atomic E-state index is 12.5. The van der Waals surface area contributed by atoms with E-state index in [2.05, 4.69) is 10.3 Å². The fourth-order valence-electron chi connectivity index (χ4n) is 2.51. The molecule has 0 saturated carbocycles. The van der Waals surface area contributed by atoms with Crippen molar-refractivity contribution in [2.75, 3.05) is 6.54 Å². The van der Waals surface area contributed by atoms with Crippen molar-refractivity contribution in [1.82, 2.24) is 10.3 Å². The van der Waals surface area contributed by atoms with Gasteiger partial charge in [0, 0.05) is 41.7 Å². The summed E-state index contributed by atoms with van der Waals surface area (Å²) in [6, 6.07) is 4.93. The predicted octanol–water partition coefficient (Wildman–Crippen LogP) is 2.11. The number of carbonyl (C=O) groups excluding carboxylic acids is 1. The molecule has 0 aliphatic carbocycles. The number of carbonyl (C=O) groups is 1. The molecular formula is C16H21ClN4O4. The van der Waals surface area contributed by atoms with Crippen molar-refractivity contribution in [2.24, 2.45) is 5.73 Å². The number of unbranched alkanes of at least 4 members (excludes halogenated alkanes) is 1. The van der Waals surface area contributed by atoms with Crippen LogP contribution in [0.3, 0.4) is 0 Å². The van der Waals surface area contributed by atoms with Crippen LogP contribution < -0.4 is 16.6 Å². The first-order valence-electron chi connectivity index (χ1n) is 7.78. The van der Waals surface area contributed by atoms with Crippen LogP contribution in [0.5, 0.6) is 0 Å². The Bertz CT molecular complexity index is 821. The molecule has 25 heavy (non-hydrogen) atoms. The average molecular weight is 369 g/mol. The smallest absolute Gasteiger partial charge is 0.270 e. The number of benzene rings is 1. The number of nitro benzene ring substituents is 1. The third-order valence-electron chi connectivity index (χ3n) is 3.81. The highest BCUT2D eigenvalue weighted by molar-refractivity contribution is 6.06. The van der Waals surface area contributed by atoms with Gasteiger partial charge in [-0.25, -0.2) is 0 Å². The van der Waals surface area contributed by atoms with Crippen molar-refractivity contribution in [3.05, 3.63) is 50.3 Å². The SMILES string of the molecule is CCCCC(CN)NC(=O)c1cc(=O)[nH]c2ccc([N+](=O)[O-])cc12.Cl. The summed E-state index contributed by atoms with van der Waals surface area (Å²) in [4.78, 5) is 37.3. The van der Waals surface area contributed by atoms with Gasteiger partial charge in [0.1, 0.15) is 0 Å². The van der Waals surface area contributed by atoms with Crippen LogP contribution in [0.25, 0.3) is 10.9 Å². The molecule has 2 rings (SSSR count). The Morgan fingerprint density at radius 2 is 2.12 bits per heavy atom. The summed E-state index contributed by atoms with van der Waals surface area (Å²) in [7, 11) is 0. The van der Waals surface area contributed by atoms with E-state index in [4.69, 9.17) is 5.73 Å². The Kier molecular flexibility index (Phi) is 7.53. The van der Waals surface area contributed by atoms with Gasteiger partial charge in [-0.15, -0.1) is 12.4 Å². The van der Waals surface area contributed by atoms with Gasteiger partial charge >= 0.3 is 0 Å². The van der Waals surface area contributed by atoms with Gasteiger partial charge in [-0.1, -0.05) is 19.8 Å². The fraction of sp³-hybridized carbons (Fsp3) is 0.375. The summed E-state index contributed by atoms with van der Waals surface area (Å²) in [5.41, 5.74) is 5.56. The number of aromatic nitrogens is 1. The van der Waals surface area contributed by atoms with E-state index in [1.807, 2.05) is 6.92 Å². The van der Waals surface area contributed by atoms with E-state index in [1.54, 1.807) is 0 Å². The van der Waals surface area contributed by atoms with Crippen LogP contribution in [0.2, 0.25) is 0 Å². The van der Waals surface area contributed by atoms with E-state index in [9.17, 15) is 19.7 Å². The third-order valence-corrected chi connectivity index (χ3v) is 3.81. The highest BCUT2D eigenvalue weighted by Crippen LogP contribution is 2.21. The minimum absolute atomic E-state index is 0. The standard InChI is InChI=1S/C16H20N4O4.ClH/c1-2-3-4-10(9-17)18-16(22)13-8-15(21)19-14-6-5-11(20(23)24)7-12(13)14;/h5-8,10H,2-4,9,17H2,1H3,(H,18,22)(H,19,21);1H. The fourth-order valence-corrected chi connectivity index (χ4v) is 2.51. The van der Waals surface area contributed by atoms with E-state index >= 15 is 0 Å². The monoisotopic (exact) mass is 368 g/mol. The first kappa shape index (κ1) is 20.6. The second kappa shape index (κ2) is 9.14. The molecule has 1 atom stereocenters. The predicted molar refractivity (Wildman–Crippen MR) is 98.3 cm³/mol. The van der Waals surface area contributed by atoms with Crippen LogP contribution in [0.15, 0.2) is 29.1 Å². The molecule has 1 amide bonds. The molecule has 8 nitrogen and oxygen atoms in total. The van der Waals surface area contributed by atoms with E-state index in [0.29, 0.717) is 10.9 Å². The van der Waals surface area contributed by atoms with Gasteiger partial charge in [-0.2, -0.15) is 0 Å². The molecule has 4 N–H and O–H groups in total. The number of nitrogens with zero attached hydrogens (tertiary/aromatic N) is 1. The number of hydrogen-bond acceptors (Lipinski definition) is 5. The minimum Gasteiger partial charge on any atom is -0.348 e. The largest absolute Gasteiger partial charge is 0.348 e. The lowest BCUT2D eigenvalue weighted by Crippen LogP contribution is -2.40. The summed E-state index contributed by atoms with van der Waals surface area (Å²) in [5.74, 6) is -0.460. The molecule has 136 valence electrons. The van der Waals surface area contributed by atoms with Gasteiger partial charge in [0.05, 0.1) is 10.5 Å². The van der Waals surface area contributed by atoms with Gasteiger partial charge in [0.2, 0.25) is 5.56 Å². The van der Waals surface area contributed by atoms with E-state index in [-0.39, 0.29) is 36.2 Å². The Morgan fingerprint density at radius 1 is 1.40 bits per heavy atom. The van der Waals surface area contributed by atoms with Crippen LogP contribution >= 0.6 is 12.4 Å². The molecule has 0 aliphatic heterocycles. The average Bonchev–Trinajstić information content (AvgIpc) is 2.56. The highest BCUT2D eigenvalue weighted by Gasteiger charge is 2.17. The van der Waals surface area contributed by atoms with Crippen LogP contribution in [-0.2, 0) is 0 Å². The summed E-state index contributed by atoms with van der Waals surface area (Å²) in [6.07, 6.45) is 2.64. The van der Waals surface area contributed by atoms with Gasteiger partial charge in [0.15, 0.2) is 0 Å². The zero-order valence-electron chi connectivity index (χ0n) is 13.8. The number of amides is 1. The number of nitrogens with one attached hydrogen (secondary N) is 2. The molecule has 2 aromatic rings. The number of nitro groups is 1. The molecule has 1 heterocycles. The molecule has 1 aromatic carbocycles. The van der Waals surface area contributed by atoms with Crippen molar-refractivity contribution >= 4 is 34.9 Å². The summed E-state index contributed by atoms with van der Waals surface area (Å²) < 4.78 is 0. The zero-order chi connectivity index (χ0) is 17.7. The third kappa shape index (κ3) is 5.01. The number of non-ortho nitro benzene ring substituents is 1. The molecule has 1 unspecified atom stereocenters. The number of hydrogen-bond donors (Lipinski definition) is 3. The van der Waals surface area contributed by atoms with Crippen molar-refractivity contribution in [3.63, 3.8) is 0 Å². The van der Waals surface area contributed by atoms with Crippen molar-refractivity contribution in [2.45, 2.75) is 32.2 Å². The normalized spacial score (nSPS) is 11.6. The van der Waals surface area contributed by atoms with Crippen molar-refractivity contribution in [3.8, 4) is 0 Å². The molecule has 0 fully saturated rings. The number of halogens is 1. The van der Waals surface area contributed by atoms with Crippen LogP contribution in [0.4, 0.5) is 5.69 Å². The maximum absolute atomic E-state index is 12.5. The molecule has 1 aromatic heterocycles. The summed E-state index contributed by atoms with van der Waals surface area (Å²) in [5, 5.41) is 14.1. The Labute approximate surface area is 150 Å². The Morgan fingerprint density at radius 3 is 2.72 bits per heavy atom. The zero-order valence-corrected chi connectivity index (χ0v) is 14.6. The summed E-state index contributed by atoms with van der Waals surface area (Å²) >= 11 is 0. The summed E-state index contributed by atoms with van der Waals surface area (Å²) in [6.45, 7) is 2.33. The first-order valence-corrected chi connectivity index (χ1v) is 7.78. The number of aromatic amines is 1. The van der Waals surface area contributed by atoms with Crippen molar-refractivity contribution < 1.29 is 9.72 Å².